The van der Waals surface area contributed by atoms with Gasteiger partial charge in [0.25, 0.3) is 0 Å². The van der Waals surface area contributed by atoms with Gasteiger partial charge < -0.3 is 18.3 Å². The Labute approximate surface area is 139 Å². The third kappa shape index (κ3) is 1.23. The molecule has 0 amide bonds. The Balaban J connectivity index is 1.85. The standard InChI is InChI=1S/C18H20N2O4/c1-21-18(22-2)16(14-8-4-10-23-14)12-6-3-7-13(12)17(18,20-19-16)15-9-5-11-24-15/h4-5,8-13H,3,6-7H2,1-2H3/t12-,13+,16+,17-. The minimum atomic E-state index is -1.08. The molecule has 3 heterocycles. The summed E-state index contributed by atoms with van der Waals surface area (Å²) in [6.07, 6.45) is 6.56. The van der Waals surface area contributed by atoms with Crippen LogP contribution >= 0.6 is 0 Å². The summed E-state index contributed by atoms with van der Waals surface area (Å²) in [5.41, 5.74) is -1.57. The molecule has 2 bridgehead atoms. The van der Waals surface area contributed by atoms with Gasteiger partial charge in [-0.25, -0.2) is 0 Å². The van der Waals surface area contributed by atoms with Crippen LogP contribution in [0.3, 0.4) is 0 Å². The molecule has 2 fully saturated rings. The molecule has 3 aliphatic rings. The van der Waals surface area contributed by atoms with Crippen molar-refractivity contribution in [3.05, 3.63) is 48.3 Å². The van der Waals surface area contributed by atoms with Gasteiger partial charge in [-0.3, -0.25) is 0 Å². The number of hydrogen-bond acceptors (Lipinski definition) is 6. The van der Waals surface area contributed by atoms with Gasteiger partial charge in [0.1, 0.15) is 11.5 Å². The lowest BCUT2D eigenvalue weighted by atomic mass is 9.78. The highest BCUT2D eigenvalue weighted by Gasteiger charge is 2.86. The fourth-order valence-electron chi connectivity index (χ4n) is 5.66. The number of rotatable bonds is 4. The van der Waals surface area contributed by atoms with Crippen molar-refractivity contribution >= 4 is 0 Å². The van der Waals surface area contributed by atoms with Gasteiger partial charge in [-0.05, 0) is 37.1 Å². The highest BCUT2D eigenvalue weighted by Crippen LogP contribution is 2.75. The van der Waals surface area contributed by atoms with E-state index in [0.29, 0.717) is 0 Å². The van der Waals surface area contributed by atoms with E-state index in [1.807, 2.05) is 24.3 Å². The van der Waals surface area contributed by atoms with Gasteiger partial charge in [-0.1, -0.05) is 6.42 Å². The molecule has 6 heteroatoms. The molecule has 2 saturated carbocycles. The Morgan fingerprint density at radius 1 is 0.917 bits per heavy atom. The fourth-order valence-corrected chi connectivity index (χ4v) is 5.66. The molecule has 2 aromatic rings. The van der Waals surface area contributed by atoms with Crippen molar-refractivity contribution in [3.63, 3.8) is 0 Å². The molecule has 0 spiro atoms. The van der Waals surface area contributed by atoms with Crippen LogP contribution in [0, 0.1) is 11.8 Å². The lowest BCUT2D eigenvalue weighted by Gasteiger charge is -2.41. The monoisotopic (exact) mass is 328 g/mol. The largest absolute Gasteiger partial charge is 0.466 e. The highest BCUT2D eigenvalue weighted by molar-refractivity contribution is 5.41. The second-order valence-corrected chi connectivity index (χ2v) is 6.86. The zero-order valence-electron chi connectivity index (χ0n) is 13.8. The van der Waals surface area contributed by atoms with Gasteiger partial charge >= 0.3 is 0 Å². The zero-order valence-corrected chi connectivity index (χ0v) is 13.8. The first-order valence-electron chi connectivity index (χ1n) is 8.39. The van der Waals surface area contributed by atoms with Crippen molar-refractivity contribution in [2.75, 3.05) is 14.2 Å². The van der Waals surface area contributed by atoms with Gasteiger partial charge in [-0.2, -0.15) is 10.2 Å². The average molecular weight is 328 g/mol. The van der Waals surface area contributed by atoms with E-state index in [-0.39, 0.29) is 11.8 Å². The lowest BCUT2D eigenvalue weighted by Crippen LogP contribution is -2.58. The van der Waals surface area contributed by atoms with Crippen molar-refractivity contribution in [3.8, 4) is 0 Å². The minimum Gasteiger partial charge on any atom is -0.466 e. The molecule has 2 aromatic heterocycles. The SMILES string of the molecule is COC1(OC)[C@]2(c3ccco3)N=N[C@@]1(c1ccco1)[C@H]1CCC[C@H]12. The predicted molar refractivity (Wildman–Crippen MR) is 83.2 cm³/mol. The van der Waals surface area contributed by atoms with Crippen LogP contribution in [0.5, 0.6) is 0 Å². The Hall–Kier alpha value is -1.92. The molecular formula is C18H20N2O4. The Morgan fingerprint density at radius 3 is 1.79 bits per heavy atom. The quantitative estimate of drug-likeness (QED) is 0.799. The van der Waals surface area contributed by atoms with Crippen molar-refractivity contribution < 1.29 is 18.3 Å². The number of furan rings is 2. The maximum Gasteiger partial charge on any atom is 0.238 e. The molecule has 24 heavy (non-hydrogen) atoms. The van der Waals surface area contributed by atoms with E-state index in [0.717, 1.165) is 30.8 Å². The van der Waals surface area contributed by atoms with Crippen LogP contribution in [0.25, 0.3) is 0 Å². The molecule has 0 N–H and O–H groups in total. The molecule has 0 radical (unpaired) electrons. The first-order valence-corrected chi connectivity index (χ1v) is 8.39. The van der Waals surface area contributed by atoms with Gasteiger partial charge in [0.05, 0.1) is 12.5 Å². The van der Waals surface area contributed by atoms with Crippen molar-refractivity contribution in [1.82, 2.24) is 0 Å². The first kappa shape index (κ1) is 14.4. The Bertz CT molecular complexity index is 705. The number of methoxy groups -OCH3 is 2. The summed E-state index contributed by atoms with van der Waals surface area (Å²) >= 11 is 0. The third-order valence-electron chi connectivity index (χ3n) is 6.33. The Kier molecular flexibility index (Phi) is 2.75. The van der Waals surface area contributed by atoms with E-state index in [1.54, 1.807) is 26.7 Å². The maximum atomic E-state index is 6.10. The minimum absolute atomic E-state index is 0.242. The van der Waals surface area contributed by atoms with E-state index in [1.165, 1.54) is 0 Å². The average Bonchev–Trinajstić information content (AvgIpc) is 3.42. The molecule has 2 aliphatic carbocycles. The maximum absolute atomic E-state index is 6.10. The smallest absolute Gasteiger partial charge is 0.238 e. The number of hydrogen-bond donors (Lipinski definition) is 0. The molecule has 0 aromatic carbocycles. The lowest BCUT2D eigenvalue weighted by molar-refractivity contribution is -0.268. The highest BCUT2D eigenvalue weighted by atomic mass is 16.7. The summed E-state index contributed by atoms with van der Waals surface area (Å²) in [5, 5.41) is 9.53. The van der Waals surface area contributed by atoms with Crippen molar-refractivity contribution in [1.29, 1.82) is 0 Å². The summed E-state index contributed by atoms with van der Waals surface area (Å²) < 4.78 is 23.8. The number of ether oxygens (including phenoxy) is 2. The van der Waals surface area contributed by atoms with E-state index in [4.69, 9.17) is 28.5 Å². The van der Waals surface area contributed by atoms with E-state index < -0.39 is 16.9 Å². The number of azo groups is 1. The summed E-state index contributed by atoms with van der Waals surface area (Å²) in [7, 11) is 3.33. The summed E-state index contributed by atoms with van der Waals surface area (Å²) in [5.74, 6) is 0.902. The Morgan fingerprint density at radius 2 is 1.42 bits per heavy atom. The van der Waals surface area contributed by atoms with Crippen LogP contribution in [-0.2, 0) is 20.6 Å². The molecule has 5 rings (SSSR count). The second-order valence-electron chi connectivity index (χ2n) is 6.86. The molecule has 126 valence electrons. The number of fused-ring (bicyclic) bond motifs is 5. The van der Waals surface area contributed by atoms with Gasteiger partial charge in [0, 0.05) is 26.1 Å². The molecular weight excluding hydrogens is 308 g/mol. The van der Waals surface area contributed by atoms with Crippen LogP contribution < -0.4 is 0 Å². The van der Waals surface area contributed by atoms with Gasteiger partial charge in [0.2, 0.25) is 5.79 Å². The summed E-state index contributed by atoms with van der Waals surface area (Å²) in [6.45, 7) is 0. The van der Waals surface area contributed by atoms with E-state index >= 15 is 0 Å². The van der Waals surface area contributed by atoms with Crippen molar-refractivity contribution in [2.45, 2.75) is 36.1 Å². The third-order valence-corrected chi connectivity index (χ3v) is 6.33. The second kappa shape index (κ2) is 4.58. The van der Waals surface area contributed by atoms with E-state index in [9.17, 15) is 0 Å². The summed E-state index contributed by atoms with van der Waals surface area (Å²) in [6, 6.07) is 7.66. The molecule has 6 nitrogen and oxygen atoms in total. The molecule has 0 unspecified atom stereocenters. The first-order chi connectivity index (χ1) is 11.8. The fraction of sp³-hybridized carbons (Fsp3) is 0.556. The van der Waals surface area contributed by atoms with Crippen LogP contribution in [-0.4, -0.2) is 20.0 Å². The van der Waals surface area contributed by atoms with Crippen LogP contribution in [0.2, 0.25) is 0 Å². The molecule has 0 saturated heterocycles. The van der Waals surface area contributed by atoms with Gasteiger partial charge in [-0.15, -0.1) is 0 Å². The predicted octanol–water partition coefficient (Wildman–Crippen LogP) is 3.85. The van der Waals surface area contributed by atoms with Crippen LogP contribution in [0.1, 0.15) is 30.8 Å². The van der Waals surface area contributed by atoms with Crippen molar-refractivity contribution in [2.24, 2.45) is 22.1 Å². The zero-order chi connectivity index (χ0) is 16.4. The van der Waals surface area contributed by atoms with Crippen LogP contribution in [0.15, 0.2) is 55.9 Å². The molecule has 4 atom stereocenters. The summed E-state index contributed by atoms with van der Waals surface area (Å²) in [4.78, 5) is 0. The topological polar surface area (TPSA) is 69.5 Å². The molecule has 1 aliphatic heterocycles. The normalized spacial score (nSPS) is 38.8. The number of nitrogens with zero attached hydrogens (tertiary/aromatic N) is 2. The van der Waals surface area contributed by atoms with Gasteiger partial charge in [0.15, 0.2) is 11.1 Å². The van der Waals surface area contributed by atoms with Crippen LogP contribution in [0.4, 0.5) is 0 Å². The van der Waals surface area contributed by atoms with E-state index in [2.05, 4.69) is 0 Å².